The van der Waals surface area contributed by atoms with E-state index in [0.29, 0.717) is 0 Å². The van der Waals surface area contributed by atoms with Gasteiger partial charge in [-0.1, -0.05) is 0 Å². The van der Waals surface area contributed by atoms with Crippen molar-refractivity contribution in [1.29, 1.82) is 0 Å². The summed E-state index contributed by atoms with van der Waals surface area (Å²) in [5.41, 5.74) is 5.77. The zero-order valence-corrected chi connectivity index (χ0v) is 13.9. The number of aromatic nitrogens is 3. The molecule has 0 bridgehead atoms. The largest absolute Gasteiger partial charge is 0.378 e. The Balaban J connectivity index is 1.90. The Morgan fingerprint density at radius 3 is 2.67 bits per heavy atom. The Hall–Kier alpha value is -1.88. The Bertz CT molecular complexity index is 800. The zero-order valence-electron chi connectivity index (χ0n) is 13.1. The van der Waals surface area contributed by atoms with E-state index < -0.39 is 0 Å². The standard InChI is InChI=1S/C16H20N4S/c1-9(16-10(2)19-20(5)11(16)3)17-13-6-7-14-15(8-13)21-12(4)18-14/h6-9,17H,1-5H3. The van der Waals surface area contributed by atoms with Crippen LogP contribution in [-0.4, -0.2) is 14.8 Å². The predicted octanol–water partition coefficient (Wildman–Crippen LogP) is 4.13. The van der Waals surface area contributed by atoms with E-state index in [-0.39, 0.29) is 6.04 Å². The Kier molecular flexibility index (Phi) is 3.45. The number of nitrogens with one attached hydrogen (secondary N) is 1. The van der Waals surface area contributed by atoms with Gasteiger partial charge in [0, 0.05) is 24.0 Å². The van der Waals surface area contributed by atoms with Gasteiger partial charge in [0.2, 0.25) is 0 Å². The number of fused-ring (bicyclic) bond motifs is 1. The summed E-state index contributed by atoms with van der Waals surface area (Å²) < 4.78 is 3.17. The summed E-state index contributed by atoms with van der Waals surface area (Å²) in [7, 11) is 1.99. The maximum absolute atomic E-state index is 4.50. The second-order valence-electron chi connectivity index (χ2n) is 5.49. The van der Waals surface area contributed by atoms with Crippen molar-refractivity contribution in [1.82, 2.24) is 14.8 Å². The summed E-state index contributed by atoms with van der Waals surface area (Å²) in [6.45, 7) is 8.40. The van der Waals surface area contributed by atoms with Gasteiger partial charge in [-0.2, -0.15) is 5.10 Å². The van der Waals surface area contributed by atoms with E-state index >= 15 is 0 Å². The third kappa shape index (κ3) is 2.53. The molecule has 1 aromatic carbocycles. The Morgan fingerprint density at radius 2 is 2.00 bits per heavy atom. The summed E-state index contributed by atoms with van der Waals surface area (Å²) in [5, 5.41) is 9.18. The van der Waals surface area contributed by atoms with Gasteiger partial charge in [0.25, 0.3) is 0 Å². The molecule has 0 spiro atoms. The number of nitrogens with zero attached hydrogens (tertiary/aromatic N) is 3. The fourth-order valence-corrected chi connectivity index (χ4v) is 3.73. The Labute approximate surface area is 128 Å². The maximum atomic E-state index is 4.50. The Morgan fingerprint density at radius 1 is 1.24 bits per heavy atom. The molecule has 21 heavy (non-hydrogen) atoms. The lowest BCUT2D eigenvalue weighted by Crippen LogP contribution is -2.08. The van der Waals surface area contributed by atoms with Crippen LogP contribution in [0.15, 0.2) is 18.2 Å². The fraction of sp³-hybridized carbons (Fsp3) is 0.375. The highest BCUT2D eigenvalue weighted by Gasteiger charge is 2.16. The lowest BCUT2D eigenvalue weighted by atomic mass is 10.1. The van der Waals surface area contributed by atoms with E-state index in [2.05, 4.69) is 54.4 Å². The molecule has 2 aromatic heterocycles. The first-order valence-corrected chi connectivity index (χ1v) is 7.91. The van der Waals surface area contributed by atoms with E-state index in [4.69, 9.17) is 0 Å². The number of hydrogen-bond donors (Lipinski definition) is 1. The van der Waals surface area contributed by atoms with Crippen LogP contribution in [-0.2, 0) is 7.05 Å². The van der Waals surface area contributed by atoms with Crippen molar-refractivity contribution in [2.24, 2.45) is 7.05 Å². The van der Waals surface area contributed by atoms with Gasteiger partial charge in [0.1, 0.15) is 0 Å². The number of aryl methyl sites for hydroxylation is 3. The van der Waals surface area contributed by atoms with Crippen LogP contribution >= 0.6 is 11.3 Å². The fourth-order valence-electron chi connectivity index (χ4n) is 2.87. The van der Waals surface area contributed by atoms with Crippen molar-refractivity contribution < 1.29 is 0 Å². The molecule has 1 N–H and O–H groups in total. The monoisotopic (exact) mass is 300 g/mol. The molecule has 1 unspecified atom stereocenters. The van der Waals surface area contributed by atoms with Crippen LogP contribution in [0.2, 0.25) is 0 Å². The summed E-state index contributed by atoms with van der Waals surface area (Å²) in [4.78, 5) is 4.50. The average Bonchev–Trinajstić information content (AvgIpc) is 2.88. The summed E-state index contributed by atoms with van der Waals surface area (Å²) in [6, 6.07) is 6.58. The second-order valence-corrected chi connectivity index (χ2v) is 6.72. The van der Waals surface area contributed by atoms with Crippen LogP contribution in [0.25, 0.3) is 10.2 Å². The minimum atomic E-state index is 0.227. The number of thiazole rings is 1. The zero-order chi connectivity index (χ0) is 15.1. The molecule has 110 valence electrons. The van der Waals surface area contributed by atoms with Gasteiger partial charge in [0.05, 0.1) is 27.0 Å². The van der Waals surface area contributed by atoms with Crippen LogP contribution < -0.4 is 5.32 Å². The van der Waals surface area contributed by atoms with Crippen molar-refractivity contribution in [3.8, 4) is 0 Å². The van der Waals surface area contributed by atoms with Gasteiger partial charge in [-0.25, -0.2) is 4.98 Å². The molecule has 0 aliphatic rings. The minimum absolute atomic E-state index is 0.227. The normalized spacial score (nSPS) is 12.8. The SMILES string of the molecule is Cc1nc2ccc(NC(C)c3c(C)nn(C)c3C)cc2s1. The molecule has 0 aliphatic carbocycles. The number of anilines is 1. The van der Waals surface area contributed by atoms with Crippen LogP contribution in [0, 0.1) is 20.8 Å². The first kappa shape index (κ1) is 14.1. The van der Waals surface area contributed by atoms with Gasteiger partial charge >= 0.3 is 0 Å². The van der Waals surface area contributed by atoms with Crippen LogP contribution in [0.1, 0.15) is 34.9 Å². The van der Waals surface area contributed by atoms with Crippen LogP contribution in [0.3, 0.4) is 0 Å². The molecule has 0 saturated heterocycles. The average molecular weight is 300 g/mol. The molecular weight excluding hydrogens is 280 g/mol. The molecule has 0 radical (unpaired) electrons. The molecule has 5 heteroatoms. The number of benzene rings is 1. The quantitative estimate of drug-likeness (QED) is 0.791. The molecule has 2 heterocycles. The summed E-state index contributed by atoms with van der Waals surface area (Å²) >= 11 is 1.73. The third-order valence-corrected chi connectivity index (χ3v) is 4.81. The molecule has 4 nitrogen and oxygen atoms in total. The van der Waals surface area contributed by atoms with Crippen molar-refractivity contribution in [3.63, 3.8) is 0 Å². The van der Waals surface area contributed by atoms with E-state index in [1.54, 1.807) is 11.3 Å². The maximum Gasteiger partial charge on any atom is 0.0907 e. The van der Waals surface area contributed by atoms with Gasteiger partial charge in [-0.05, 0) is 45.9 Å². The van der Waals surface area contributed by atoms with Crippen LogP contribution in [0.4, 0.5) is 5.69 Å². The van der Waals surface area contributed by atoms with Crippen molar-refractivity contribution >= 4 is 27.2 Å². The van der Waals surface area contributed by atoms with Gasteiger partial charge < -0.3 is 5.32 Å². The molecule has 0 aliphatic heterocycles. The molecule has 0 fully saturated rings. The van der Waals surface area contributed by atoms with E-state index in [1.807, 2.05) is 18.7 Å². The molecule has 0 saturated carbocycles. The molecule has 3 aromatic rings. The van der Waals surface area contributed by atoms with Gasteiger partial charge in [0.15, 0.2) is 0 Å². The van der Waals surface area contributed by atoms with Crippen molar-refractivity contribution in [2.75, 3.05) is 5.32 Å². The lowest BCUT2D eigenvalue weighted by Gasteiger charge is -2.16. The molecular formula is C16H20N4S. The smallest absolute Gasteiger partial charge is 0.0907 e. The van der Waals surface area contributed by atoms with Crippen molar-refractivity contribution in [3.05, 3.63) is 40.2 Å². The summed E-state index contributed by atoms with van der Waals surface area (Å²) in [5.74, 6) is 0. The minimum Gasteiger partial charge on any atom is -0.378 e. The van der Waals surface area contributed by atoms with Gasteiger partial charge in [-0.3, -0.25) is 4.68 Å². The van der Waals surface area contributed by atoms with Gasteiger partial charge in [-0.15, -0.1) is 11.3 Å². The third-order valence-electron chi connectivity index (χ3n) is 3.88. The summed E-state index contributed by atoms with van der Waals surface area (Å²) in [6.07, 6.45) is 0. The second kappa shape index (κ2) is 5.15. The highest BCUT2D eigenvalue weighted by molar-refractivity contribution is 7.18. The van der Waals surface area contributed by atoms with E-state index in [1.165, 1.54) is 16.0 Å². The first-order valence-electron chi connectivity index (χ1n) is 7.09. The lowest BCUT2D eigenvalue weighted by molar-refractivity contribution is 0.728. The first-order chi connectivity index (χ1) is 9.95. The van der Waals surface area contributed by atoms with Crippen LogP contribution in [0.5, 0.6) is 0 Å². The molecule has 0 amide bonds. The highest BCUT2D eigenvalue weighted by atomic mass is 32.1. The van der Waals surface area contributed by atoms with Crippen molar-refractivity contribution in [2.45, 2.75) is 33.7 Å². The van der Waals surface area contributed by atoms with E-state index in [9.17, 15) is 0 Å². The highest BCUT2D eigenvalue weighted by Crippen LogP contribution is 2.28. The number of rotatable bonds is 3. The predicted molar refractivity (Wildman–Crippen MR) is 89.1 cm³/mol. The van der Waals surface area contributed by atoms with E-state index in [0.717, 1.165) is 21.9 Å². The molecule has 3 rings (SSSR count). The molecule has 1 atom stereocenters. The number of hydrogen-bond acceptors (Lipinski definition) is 4. The topological polar surface area (TPSA) is 42.7 Å².